The molecule has 2 fully saturated rings. The molecule has 2 aliphatic rings. The fourth-order valence-corrected chi connectivity index (χ4v) is 4.92. The largest absolute Gasteiger partial charge is 0.504 e. The Morgan fingerprint density at radius 2 is 2.07 bits per heavy atom. The number of aliphatic hydroxyl groups excluding tert-OH is 1. The highest BCUT2D eigenvalue weighted by molar-refractivity contribution is 5.92. The highest BCUT2D eigenvalue weighted by Crippen LogP contribution is 2.57. The van der Waals surface area contributed by atoms with Crippen LogP contribution < -0.4 is 4.74 Å². The van der Waals surface area contributed by atoms with Gasteiger partial charge in [0.25, 0.3) is 0 Å². The number of methoxy groups -OCH3 is 1. The number of allylic oxidation sites excluding steroid dienone is 1. The minimum absolute atomic E-state index is 0.0190. The number of carbonyl (C=O) groups is 1. The third-order valence-electron chi connectivity index (χ3n) is 5.84. The van der Waals surface area contributed by atoms with Crippen LogP contribution in [0, 0.1) is 17.3 Å². The van der Waals surface area contributed by atoms with Gasteiger partial charge in [-0.2, -0.15) is 0 Å². The van der Waals surface area contributed by atoms with Crippen molar-refractivity contribution in [3.05, 3.63) is 36.4 Å². The van der Waals surface area contributed by atoms with E-state index in [2.05, 4.69) is 6.58 Å². The molecule has 1 heterocycles. The van der Waals surface area contributed by atoms with Crippen molar-refractivity contribution in [2.45, 2.75) is 38.6 Å². The fraction of sp³-hybridized carbons (Fsp3) is 0.571. The summed E-state index contributed by atoms with van der Waals surface area (Å²) in [6, 6.07) is 5.04. The number of benzene rings is 1. The first-order chi connectivity index (χ1) is 12.8. The molecule has 3 atom stereocenters. The summed E-state index contributed by atoms with van der Waals surface area (Å²) in [5.41, 5.74) is 0.289. The van der Waals surface area contributed by atoms with Gasteiger partial charge in [0, 0.05) is 24.3 Å². The number of hydrogen-bond acceptors (Lipinski definition) is 6. The SMILES string of the molecule is C=CC(=O)[C@H]1[C@H]([C@H](O)Cc2cccc(O)c2OC)C(C)(C)CC12OCCO2. The van der Waals surface area contributed by atoms with Crippen LogP contribution >= 0.6 is 0 Å². The number of aliphatic hydroxyl groups is 1. The zero-order valence-corrected chi connectivity index (χ0v) is 16.1. The molecule has 0 amide bonds. The van der Waals surface area contributed by atoms with E-state index in [4.69, 9.17) is 14.2 Å². The lowest BCUT2D eigenvalue weighted by molar-refractivity contribution is -0.191. The Morgan fingerprint density at radius 3 is 2.67 bits per heavy atom. The van der Waals surface area contributed by atoms with Gasteiger partial charge in [0.2, 0.25) is 0 Å². The van der Waals surface area contributed by atoms with Crippen LogP contribution in [0.5, 0.6) is 11.5 Å². The number of phenols is 1. The highest BCUT2D eigenvalue weighted by atomic mass is 16.7. The standard InChI is InChI=1S/C21H28O6/c1-5-14(22)18-17(20(2,3)12-21(18)26-9-10-27-21)16(24)11-13-7-6-8-15(23)19(13)25-4/h5-8,16-18,23-24H,1,9-12H2,2-4H3/t16-,17+,18+/m1/s1. The molecule has 1 aromatic carbocycles. The Morgan fingerprint density at radius 1 is 1.41 bits per heavy atom. The second-order valence-electron chi connectivity index (χ2n) is 8.03. The summed E-state index contributed by atoms with van der Waals surface area (Å²) in [7, 11) is 1.48. The molecule has 1 spiro atoms. The lowest BCUT2D eigenvalue weighted by Crippen LogP contribution is -2.44. The van der Waals surface area contributed by atoms with Gasteiger partial charge in [-0.3, -0.25) is 4.79 Å². The molecule has 3 rings (SSSR count). The zero-order valence-electron chi connectivity index (χ0n) is 16.1. The van der Waals surface area contributed by atoms with E-state index in [1.54, 1.807) is 12.1 Å². The number of ketones is 1. The fourth-order valence-electron chi connectivity index (χ4n) is 4.92. The molecule has 148 valence electrons. The molecule has 1 aliphatic heterocycles. The second-order valence-corrected chi connectivity index (χ2v) is 8.03. The van der Waals surface area contributed by atoms with Gasteiger partial charge in [0.05, 0.1) is 32.3 Å². The van der Waals surface area contributed by atoms with Crippen LogP contribution in [0.4, 0.5) is 0 Å². The van der Waals surface area contributed by atoms with Gasteiger partial charge in [-0.1, -0.05) is 32.6 Å². The van der Waals surface area contributed by atoms with Crippen LogP contribution in [0.15, 0.2) is 30.9 Å². The molecule has 1 saturated heterocycles. The molecular formula is C21H28O6. The van der Waals surface area contributed by atoms with E-state index < -0.39 is 29.1 Å². The molecular weight excluding hydrogens is 348 g/mol. The Bertz CT molecular complexity index is 719. The number of phenolic OH excluding ortho intramolecular Hbond substituents is 1. The number of hydrogen-bond donors (Lipinski definition) is 2. The maximum Gasteiger partial charge on any atom is 0.179 e. The quantitative estimate of drug-likeness (QED) is 0.742. The van der Waals surface area contributed by atoms with Gasteiger partial charge in [-0.05, 0) is 17.6 Å². The maximum absolute atomic E-state index is 12.8. The molecule has 2 N–H and O–H groups in total. The van der Waals surface area contributed by atoms with Gasteiger partial charge in [0.1, 0.15) is 0 Å². The van der Waals surface area contributed by atoms with E-state index >= 15 is 0 Å². The summed E-state index contributed by atoms with van der Waals surface area (Å²) >= 11 is 0. The van der Waals surface area contributed by atoms with Crippen LogP contribution in [0.2, 0.25) is 0 Å². The van der Waals surface area contributed by atoms with Gasteiger partial charge in [-0.15, -0.1) is 0 Å². The van der Waals surface area contributed by atoms with E-state index in [0.717, 1.165) is 0 Å². The first kappa shape index (κ1) is 19.9. The van der Waals surface area contributed by atoms with Crippen molar-refractivity contribution in [1.29, 1.82) is 0 Å². The average Bonchev–Trinajstić information content (AvgIpc) is 3.15. The number of para-hydroxylation sites is 1. The molecule has 0 bridgehead atoms. The predicted molar refractivity (Wildman–Crippen MR) is 99.6 cm³/mol. The van der Waals surface area contributed by atoms with E-state index in [1.165, 1.54) is 19.3 Å². The smallest absolute Gasteiger partial charge is 0.179 e. The molecule has 0 unspecified atom stereocenters. The van der Waals surface area contributed by atoms with Crippen LogP contribution in [0.1, 0.15) is 25.8 Å². The Labute approximate surface area is 159 Å². The Hall–Kier alpha value is -1.89. The van der Waals surface area contributed by atoms with Crippen molar-refractivity contribution in [3.63, 3.8) is 0 Å². The van der Waals surface area contributed by atoms with Gasteiger partial charge in [-0.25, -0.2) is 0 Å². The van der Waals surface area contributed by atoms with Gasteiger partial charge >= 0.3 is 0 Å². The first-order valence-corrected chi connectivity index (χ1v) is 9.23. The molecule has 0 radical (unpaired) electrons. The molecule has 1 saturated carbocycles. The van der Waals surface area contributed by atoms with Gasteiger partial charge in [0.15, 0.2) is 23.1 Å². The molecule has 6 nitrogen and oxygen atoms in total. The van der Waals surface area contributed by atoms with Crippen LogP contribution in [0.3, 0.4) is 0 Å². The van der Waals surface area contributed by atoms with Crippen LogP contribution in [-0.2, 0) is 20.7 Å². The summed E-state index contributed by atoms with van der Waals surface area (Å²) in [6.45, 7) is 8.53. The zero-order chi connectivity index (χ0) is 19.8. The van der Waals surface area contributed by atoms with Crippen molar-refractivity contribution in [2.24, 2.45) is 17.3 Å². The summed E-state index contributed by atoms with van der Waals surface area (Å²) < 4.78 is 17.1. The molecule has 27 heavy (non-hydrogen) atoms. The van der Waals surface area contributed by atoms with Crippen LogP contribution in [0.25, 0.3) is 0 Å². The number of rotatable bonds is 6. The van der Waals surface area contributed by atoms with Crippen molar-refractivity contribution < 1.29 is 29.2 Å². The van der Waals surface area contributed by atoms with E-state index in [0.29, 0.717) is 30.9 Å². The van der Waals surface area contributed by atoms with Gasteiger partial charge < -0.3 is 24.4 Å². The lowest BCUT2D eigenvalue weighted by Gasteiger charge is -2.34. The Balaban J connectivity index is 1.96. The summed E-state index contributed by atoms with van der Waals surface area (Å²) in [4.78, 5) is 12.8. The topological polar surface area (TPSA) is 85.2 Å². The molecule has 0 aromatic heterocycles. The third kappa shape index (κ3) is 3.37. The monoisotopic (exact) mass is 376 g/mol. The normalized spacial score (nSPS) is 26.8. The highest BCUT2D eigenvalue weighted by Gasteiger charge is 2.64. The second kappa shape index (κ2) is 7.26. The van der Waals surface area contributed by atoms with Crippen molar-refractivity contribution >= 4 is 5.78 Å². The minimum atomic E-state index is -1.01. The number of aromatic hydroxyl groups is 1. The first-order valence-electron chi connectivity index (χ1n) is 9.23. The average molecular weight is 376 g/mol. The molecule has 1 aliphatic carbocycles. The van der Waals surface area contributed by atoms with E-state index in [9.17, 15) is 15.0 Å². The predicted octanol–water partition coefficient (Wildman–Crippen LogP) is 2.46. The summed E-state index contributed by atoms with van der Waals surface area (Å²) in [5, 5.41) is 21.2. The number of carbonyl (C=O) groups excluding carboxylic acids is 1. The Kier molecular flexibility index (Phi) is 5.34. The van der Waals surface area contributed by atoms with Crippen molar-refractivity contribution in [2.75, 3.05) is 20.3 Å². The third-order valence-corrected chi connectivity index (χ3v) is 5.84. The molecule has 1 aromatic rings. The van der Waals surface area contributed by atoms with E-state index in [-0.39, 0.29) is 18.0 Å². The lowest BCUT2D eigenvalue weighted by atomic mass is 9.72. The van der Waals surface area contributed by atoms with Crippen molar-refractivity contribution in [1.82, 2.24) is 0 Å². The minimum Gasteiger partial charge on any atom is -0.504 e. The van der Waals surface area contributed by atoms with E-state index in [1.807, 2.05) is 13.8 Å². The summed E-state index contributed by atoms with van der Waals surface area (Å²) in [6.07, 6.45) is 1.19. The number of ether oxygens (including phenoxy) is 3. The summed E-state index contributed by atoms with van der Waals surface area (Å²) in [5.74, 6) is -1.87. The van der Waals surface area contributed by atoms with Crippen molar-refractivity contribution in [3.8, 4) is 11.5 Å². The molecule has 6 heteroatoms. The van der Waals surface area contributed by atoms with Crippen LogP contribution in [-0.4, -0.2) is 48.2 Å². The maximum atomic E-state index is 12.8.